The van der Waals surface area contributed by atoms with E-state index in [-0.39, 0.29) is 16.8 Å². The van der Waals surface area contributed by atoms with Crippen molar-refractivity contribution in [3.8, 4) is 5.75 Å². The van der Waals surface area contributed by atoms with Crippen molar-refractivity contribution in [3.05, 3.63) is 18.2 Å². The molecule has 1 aliphatic heterocycles. The molecule has 0 spiro atoms. The first-order chi connectivity index (χ1) is 9.95. The lowest BCUT2D eigenvalue weighted by Crippen LogP contribution is -2.35. The highest BCUT2D eigenvalue weighted by molar-refractivity contribution is 7.89. The van der Waals surface area contributed by atoms with Crippen LogP contribution in [0.25, 0.3) is 0 Å². The first kappa shape index (κ1) is 14.3. The van der Waals surface area contributed by atoms with Gasteiger partial charge in [0, 0.05) is 12.1 Å². The van der Waals surface area contributed by atoms with E-state index in [0.29, 0.717) is 11.4 Å². The Morgan fingerprint density at radius 1 is 1.29 bits per heavy atom. The van der Waals surface area contributed by atoms with Gasteiger partial charge in [0.15, 0.2) is 6.10 Å². The van der Waals surface area contributed by atoms with Gasteiger partial charge in [-0.25, -0.2) is 13.1 Å². The fourth-order valence-corrected chi connectivity index (χ4v) is 4.00. The second-order valence-electron chi connectivity index (χ2n) is 5.51. The Bertz CT molecular complexity index is 666. The van der Waals surface area contributed by atoms with E-state index in [1.54, 1.807) is 13.0 Å². The van der Waals surface area contributed by atoms with E-state index in [0.717, 1.165) is 25.7 Å². The zero-order chi connectivity index (χ0) is 15.0. The van der Waals surface area contributed by atoms with Crippen molar-refractivity contribution in [1.82, 2.24) is 4.72 Å². The smallest absolute Gasteiger partial charge is 0.265 e. The van der Waals surface area contributed by atoms with Crippen molar-refractivity contribution < 1.29 is 17.9 Å². The fraction of sp³-hybridized carbons (Fsp3) is 0.500. The van der Waals surface area contributed by atoms with Crippen LogP contribution in [0.5, 0.6) is 5.75 Å². The number of carbonyl (C=O) groups excluding carboxylic acids is 1. The molecule has 21 heavy (non-hydrogen) atoms. The Morgan fingerprint density at radius 2 is 2.00 bits per heavy atom. The summed E-state index contributed by atoms with van der Waals surface area (Å²) in [5.74, 6) is 0.151. The summed E-state index contributed by atoms with van der Waals surface area (Å²) < 4.78 is 32.9. The third-order valence-electron chi connectivity index (χ3n) is 3.87. The van der Waals surface area contributed by atoms with Gasteiger partial charge >= 0.3 is 0 Å². The lowest BCUT2D eigenvalue weighted by atomic mass is 10.2. The van der Waals surface area contributed by atoms with Gasteiger partial charge in [0.2, 0.25) is 10.0 Å². The summed E-state index contributed by atoms with van der Waals surface area (Å²) in [4.78, 5) is 11.7. The summed E-state index contributed by atoms with van der Waals surface area (Å²) in [7, 11) is -3.55. The van der Waals surface area contributed by atoms with Gasteiger partial charge in [-0.1, -0.05) is 12.8 Å². The molecule has 3 rings (SSSR count). The number of anilines is 1. The van der Waals surface area contributed by atoms with E-state index in [9.17, 15) is 13.2 Å². The van der Waals surface area contributed by atoms with E-state index in [1.807, 2.05) is 0 Å². The highest BCUT2D eigenvalue weighted by Gasteiger charge is 2.27. The van der Waals surface area contributed by atoms with Gasteiger partial charge in [-0.2, -0.15) is 0 Å². The van der Waals surface area contributed by atoms with E-state index in [4.69, 9.17) is 4.74 Å². The third kappa shape index (κ3) is 2.89. The molecule has 1 aromatic rings. The Morgan fingerprint density at radius 3 is 2.71 bits per heavy atom. The summed E-state index contributed by atoms with van der Waals surface area (Å²) in [5, 5.41) is 2.68. The number of sulfonamides is 1. The normalized spacial score (nSPS) is 22.5. The zero-order valence-electron chi connectivity index (χ0n) is 11.8. The number of ether oxygens (including phenoxy) is 1. The quantitative estimate of drug-likeness (QED) is 0.888. The minimum Gasteiger partial charge on any atom is -0.479 e. The molecule has 2 N–H and O–H groups in total. The standard InChI is InChI=1S/C14H18N2O4S/c1-9-14(17)15-12-7-6-11(8-13(12)20-9)21(18,19)16-10-4-2-3-5-10/h6-10,16H,2-5H2,1H3,(H,15,17)/t9-/m0/s1. The Labute approximate surface area is 123 Å². The summed E-state index contributed by atoms with van der Waals surface area (Å²) in [6.07, 6.45) is 3.26. The minimum absolute atomic E-state index is 0.0191. The molecule has 1 saturated carbocycles. The van der Waals surface area contributed by atoms with Gasteiger partial charge in [-0.3, -0.25) is 4.79 Å². The molecule has 1 amide bonds. The molecule has 1 fully saturated rings. The maximum atomic E-state index is 12.4. The molecule has 2 aliphatic rings. The van der Waals surface area contributed by atoms with Crippen molar-refractivity contribution in [2.45, 2.75) is 49.6 Å². The lowest BCUT2D eigenvalue weighted by Gasteiger charge is -2.23. The number of hydrogen-bond donors (Lipinski definition) is 2. The first-order valence-corrected chi connectivity index (χ1v) is 8.58. The summed E-state index contributed by atoms with van der Waals surface area (Å²) >= 11 is 0. The monoisotopic (exact) mass is 310 g/mol. The van der Waals surface area contributed by atoms with Crippen LogP contribution in [0.4, 0.5) is 5.69 Å². The number of hydrogen-bond acceptors (Lipinski definition) is 4. The Balaban J connectivity index is 1.86. The zero-order valence-corrected chi connectivity index (χ0v) is 12.6. The van der Waals surface area contributed by atoms with Crippen LogP contribution in [0.1, 0.15) is 32.6 Å². The molecule has 0 saturated heterocycles. The topological polar surface area (TPSA) is 84.5 Å². The molecular formula is C14H18N2O4S. The summed E-state index contributed by atoms with van der Waals surface area (Å²) in [6, 6.07) is 4.52. The number of nitrogens with one attached hydrogen (secondary N) is 2. The first-order valence-electron chi connectivity index (χ1n) is 7.09. The van der Waals surface area contributed by atoms with Crippen molar-refractivity contribution in [1.29, 1.82) is 0 Å². The van der Waals surface area contributed by atoms with Crippen molar-refractivity contribution in [2.24, 2.45) is 0 Å². The average Bonchev–Trinajstić information content (AvgIpc) is 2.91. The predicted octanol–water partition coefficient (Wildman–Crippen LogP) is 1.63. The number of rotatable bonds is 3. The van der Waals surface area contributed by atoms with Crippen LogP contribution >= 0.6 is 0 Å². The molecule has 0 bridgehead atoms. The van der Waals surface area contributed by atoms with Crippen LogP contribution in [0.2, 0.25) is 0 Å². The van der Waals surface area contributed by atoms with E-state index >= 15 is 0 Å². The van der Waals surface area contributed by atoms with Crippen molar-refractivity contribution in [3.63, 3.8) is 0 Å². The predicted molar refractivity (Wildman–Crippen MR) is 77.7 cm³/mol. The summed E-state index contributed by atoms with van der Waals surface area (Å²) in [6.45, 7) is 1.62. The number of fused-ring (bicyclic) bond motifs is 1. The van der Waals surface area contributed by atoms with E-state index < -0.39 is 16.1 Å². The van der Waals surface area contributed by atoms with Crippen LogP contribution in [0, 0.1) is 0 Å². The number of carbonyl (C=O) groups is 1. The molecule has 1 aromatic carbocycles. The second kappa shape index (κ2) is 5.31. The van der Waals surface area contributed by atoms with Crippen LogP contribution < -0.4 is 14.8 Å². The molecule has 6 nitrogen and oxygen atoms in total. The van der Waals surface area contributed by atoms with Crippen LogP contribution in [-0.2, 0) is 14.8 Å². The second-order valence-corrected chi connectivity index (χ2v) is 7.22. The molecule has 1 aliphatic carbocycles. The molecular weight excluding hydrogens is 292 g/mol. The highest BCUT2D eigenvalue weighted by atomic mass is 32.2. The molecule has 1 heterocycles. The molecule has 7 heteroatoms. The molecule has 1 atom stereocenters. The van der Waals surface area contributed by atoms with Crippen molar-refractivity contribution >= 4 is 21.6 Å². The Kier molecular flexibility index (Phi) is 3.62. The molecule has 0 unspecified atom stereocenters. The number of benzene rings is 1. The maximum Gasteiger partial charge on any atom is 0.265 e. The third-order valence-corrected chi connectivity index (χ3v) is 5.39. The van der Waals surface area contributed by atoms with E-state index in [1.165, 1.54) is 12.1 Å². The molecule has 114 valence electrons. The van der Waals surface area contributed by atoms with Crippen LogP contribution in [-0.4, -0.2) is 26.5 Å². The Hall–Kier alpha value is -1.60. The average molecular weight is 310 g/mol. The van der Waals surface area contributed by atoms with Gasteiger partial charge in [0.1, 0.15) is 5.75 Å². The largest absolute Gasteiger partial charge is 0.479 e. The van der Waals surface area contributed by atoms with Gasteiger partial charge in [0.25, 0.3) is 5.91 Å². The van der Waals surface area contributed by atoms with Gasteiger partial charge in [0.05, 0.1) is 10.6 Å². The van der Waals surface area contributed by atoms with Crippen molar-refractivity contribution in [2.75, 3.05) is 5.32 Å². The minimum atomic E-state index is -3.55. The molecule has 0 radical (unpaired) electrons. The summed E-state index contributed by atoms with van der Waals surface area (Å²) in [5.41, 5.74) is 0.498. The maximum absolute atomic E-state index is 12.4. The van der Waals surface area contributed by atoms with E-state index in [2.05, 4.69) is 10.0 Å². The van der Waals surface area contributed by atoms with Gasteiger partial charge in [-0.15, -0.1) is 0 Å². The highest BCUT2D eigenvalue weighted by Crippen LogP contribution is 2.32. The lowest BCUT2D eigenvalue weighted by molar-refractivity contribution is -0.122. The van der Waals surface area contributed by atoms with Crippen LogP contribution in [0.3, 0.4) is 0 Å². The fourth-order valence-electron chi connectivity index (χ4n) is 2.68. The van der Waals surface area contributed by atoms with Crippen LogP contribution in [0.15, 0.2) is 23.1 Å². The number of amides is 1. The molecule has 0 aromatic heterocycles. The van der Waals surface area contributed by atoms with Gasteiger partial charge in [-0.05, 0) is 31.9 Å². The SMILES string of the molecule is C[C@@H]1Oc2cc(S(=O)(=O)NC3CCCC3)ccc2NC1=O. The van der Waals surface area contributed by atoms with Gasteiger partial charge < -0.3 is 10.1 Å².